The van der Waals surface area contributed by atoms with Crippen LogP contribution in [0.15, 0.2) is 24.3 Å². The molecule has 1 amide bonds. The number of carbonyl (C=O) groups excluding carboxylic acids is 1. The standard InChI is InChI=1S/C10H14N2O2.C5H11NO2/c11-8(6-13)5-7-3-1-2-4-9(7)10(12)14;1-3(2)4(6)5(7)8/h1-4,8,13H,5-6,11H2,(H2,12,14);3-4H,6H2,1-2H3,(H,7,8)/t;4-/m.0/s1. The highest BCUT2D eigenvalue weighted by molar-refractivity contribution is 5.94. The fraction of sp³-hybridized carbons (Fsp3) is 0.467. The minimum Gasteiger partial charge on any atom is -0.480 e. The van der Waals surface area contributed by atoms with Crippen molar-refractivity contribution in [2.45, 2.75) is 32.4 Å². The van der Waals surface area contributed by atoms with E-state index in [-0.39, 0.29) is 18.6 Å². The zero-order valence-corrected chi connectivity index (χ0v) is 12.9. The molecule has 124 valence electrons. The van der Waals surface area contributed by atoms with Crippen LogP contribution in [0.5, 0.6) is 0 Å². The Labute approximate surface area is 130 Å². The summed E-state index contributed by atoms with van der Waals surface area (Å²) in [6, 6.07) is 5.93. The van der Waals surface area contributed by atoms with E-state index in [9.17, 15) is 9.59 Å². The summed E-state index contributed by atoms with van der Waals surface area (Å²) in [6.45, 7) is 3.45. The Hall–Kier alpha value is -1.96. The van der Waals surface area contributed by atoms with E-state index in [1.807, 2.05) is 6.07 Å². The van der Waals surface area contributed by atoms with Gasteiger partial charge >= 0.3 is 5.97 Å². The molecule has 0 aliphatic heterocycles. The molecule has 0 radical (unpaired) electrons. The maximum atomic E-state index is 11.0. The lowest BCUT2D eigenvalue weighted by Crippen LogP contribution is -2.34. The molecular formula is C15H25N3O4. The zero-order valence-electron chi connectivity index (χ0n) is 12.9. The molecule has 8 N–H and O–H groups in total. The van der Waals surface area contributed by atoms with E-state index in [1.54, 1.807) is 32.0 Å². The van der Waals surface area contributed by atoms with Crippen LogP contribution in [0.25, 0.3) is 0 Å². The molecular weight excluding hydrogens is 286 g/mol. The quantitative estimate of drug-likeness (QED) is 0.486. The van der Waals surface area contributed by atoms with Gasteiger partial charge in [-0.2, -0.15) is 0 Å². The van der Waals surface area contributed by atoms with Crippen molar-refractivity contribution in [1.82, 2.24) is 0 Å². The van der Waals surface area contributed by atoms with Crippen molar-refractivity contribution in [1.29, 1.82) is 0 Å². The van der Waals surface area contributed by atoms with Crippen LogP contribution in [-0.4, -0.2) is 40.8 Å². The summed E-state index contributed by atoms with van der Waals surface area (Å²) in [5, 5.41) is 17.0. The summed E-state index contributed by atoms with van der Waals surface area (Å²) < 4.78 is 0. The van der Waals surface area contributed by atoms with Gasteiger partial charge in [-0.25, -0.2) is 0 Å². The fourth-order valence-electron chi connectivity index (χ4n) is 1.57. The molecule has 0 fully saturated rings. The van der Waals surface area contributed by atoms with Crippen molar-refractivity contribution in [2.24, 2.45) is 23.1 Å². The van der Waals surface area contributed by atoms with Gasteiger partial charge in [0, 0.05) is 11.6 Å². The van der Waals surface area contributed by atoms with Crippen molar-refractivity contribution in [2.75, 3.05) is 6.61 Å². The molecule has 7 heteroatoms. The molecule has 1 unspecified atom stereocenters. The van der Waals surface area contributed by atoms with Crippen molar-refractivity contribution >= 4 is 11.9 Å². The molecule has 1 rings (SSSR count). The number of amides is 1. The summed E-state index contributed by atoms with van der Waals surface area (Å²) in [7, 11) is 0. The van der Waals surface area contributed by atoms with Crippen molar-refractivity contribution in [3.05, 3.63) is 35.4 Å². The number of aliphatic carboxylic acids is 1. The summed E-state index contributed by atoms with van der Waals surface area (Å²) in [4.78, 5) is 21.0. The number of benzene rings is 1. The molecule has 1 aromatic rings. The molecule has 2 atom stereocenters. The second kappa shape index (κ2) is 9.88. The number of aliphatic hydroxyl groups excluding tert-OH is 1. The highest BCUT2D eigenvalue weighted by Gasteiger charge is 2.14. The number of hydrogen-bond acceptors (Lipinski definition) is 5. The first-order valence-electron chi connectivity index (χ1n) is 6.93. The van der Waals surface area contributed by atoms with Crippen LogP contribution >= 0.6 is 0 Å². The fourth-order valence-corrected chi connectivity index (χ4v) is 1.57. The lowest BCUT2D eigenvalue weighted by Gasteiger charge is -2.10. The Bertz CT molecular complexity index is 491. The van der Waals surface area contributed by atoms with Crippen molar-refractivity contribution in [3.8, 4) is 0 Å². The first kappa shape index (κ1) is 20.0. The van der Waals surface area contributed by atoms with Crippen LogP contribution in [-0.2, 0) is 11.2 Å². The number of nitrogens with two attached hydrogens (primary N) is 3. The molecule has 0 saturated carbocycles. The molecule has 22 heavy (non-hydrogen) atoms. The smallest absolute Gasteiger partial charge is 0.320 e. The average molecular weight is 311 g/mol. The maximum Gasteiger partial charge on any atom is 0.320 e. The van der Waals surface area contributed by atoms with Gasteiger partial charge in [0.15, 0.2) is 0 Å². The summed E-state index contributed by atoms with van der Waals surface area (Å²) in [5.41, 5.74) is 17.2. The molecule has 0 aromatic heterocycles. The minimum absolute atomic E-state index is 0.0208. The van der Waals surface area contributed by atoms with Crippen LogP contribution in [0.2, 0.25) is 0 Å². The van der Waals surface area contributed by atoms with Gasteiger partial charge in [0.05, 0.1) is 6.61 Å². The van der Waals surface area contributed by atoms with E-state index in [0.29, 0.717) is 12.0 Å². The van der Waals surface area contributed by atoms with Gasteiger partial charge in [0.25, 0.3) is 0 Å². The molecule has 0 heterocycles. The van der Waals surface area contributed by atoms with Gasteiger partial charge in [-0.05, 0) is 24.0 Å². The van der Waals surface area contributed by atoms with Gasteiger partial charge in [-0.3, -0.25) is 9.59 Å². The number of carboxylic acid groups (broad SMARTS) is 1. The van der Waals surface area contributed by atoms with E-state index in [0.717, 1.165) is 5.56 Å². The first-order valence-corrected chi connectivity index (χ1v) is 6.93. The third-order valence-corrected chi connectivity index (χ3v) is 3.00. The first-order chi connectivity index (χ1) is 10.2. The highest BCUT2D eigenvalue weighted by atomic mass is 16.4. The highest BCUT2D eigenvalue weighted by Crippen LogP contribution is 2.09. The zero-order chi connectivity index (χ0) is 17.3. The van der Waals surface area contributed by atoms with Crippen LogP contribution < -0.4 is 17.2 Å². The van der Waals surface area contributed by atoms with Crippen LogP contribution in [0.1, 0.15) is 29.8 Å². The number of carbonyl (C=O) groups is 2. The van der Waals surface area contributed by atoms with E-state index >= 15 is 0 Å². The molecule has 0 spiro atoms. The molecule has 0 saturated heterocycles. The maximum absolute atomic E-state index is 11.0. The molecule has 0 bridgehead atoms. The normalized spacial score (nSPS) is 13.0. The Morgan fingerprint density at radius 2 is 1.73 bits per heavy atom. The van der Waals surface area contributed by atoms with Gasteiger partial charge in [-0.15, -0.1) is 0 Å². The van der Waals surface area contributed by atoms with Crippen LogP contribution in [0.3, 0.4) is 0 Å². The minimum atomic E-state index is -0.931. The Morgan fingerprint density at radius 1 is 1.18 bits per heavy atom. The molecule has 0 aliphatic carbocycles. The SMILES string of the molecule is CC(C)[C@H](N)C(=O)O.NC(=O)c1ccccc1CC(N)CO. The second-order valence-electron chi connectivity index (χ2n) is 5.28. The monoisotopic (exact) mass is 311 g/mol. The largest absolute Gasteiger partial charge is 0.480 e. The van der Waals surface area contributed by atoms with Gasteiger partial charge in [-0.1, -0.05) is 32.0 Å². The van der Waals surface area contributed by atoms with E-state index in [1.165, 1.54) is 0 Å². The number of aliphatic hydroxyl groups is 1. The van der Waals surface area contributed by atoms with Gasteiger partial charge in [0.1, 0.15) is 6.04 Å². The van der Waals surface area contributed by atoms with E-state index in [2.05, 4.69) is 0 Å². The summed E-state index contributed by atoms with van der Waals surface area (Å²) in [6.07, 6.45) is 0.454. The molecule has 7 nitrogen and oxygen atoms in total. The number of primary amides is 1. The topological polar surface area (TPSA) is 153 Å². The molecule has 1 aromatic carbocycles. The van der Waals surface area contributed by atoms with Crippen molar-refractivity contribution < 1.29 is 19.8 Å². The second-order valence-corrected chi connectivity index (χ2v) is 5.28. The summed E-state index contributed by atoms with van der Waals surface area (Å²) in [5.74, 6) is -1.38. The number of hydrogen-bond donors (Lipinski definition) is 5. The Morgan fingerprint density at radius 3 is 2.09 bits per heavy atom. The van der Waals surface area contributed by atoms with Crippen LogP contribution in [0, 0.1) is 5.92 Å². The lowest BCUT2D eigenvalue weighted by atomic mass is 10.0. The van der Waals surface area contributed by atoms with E-state index in [4.69, 9.17) is 27.4 Å². The number of rotatable bonds is 6. The van der Waals surface area contributed by atoms with Crippen LogP contribution in [0.4, 0.5) is 0 Å². The molecule has 0 aliphatic rings. The Balaban J connectivity index is 0.000000472. The lowest BCUT2D eigenvalue weighted by molar-refractivity contribution is -0.139. The number of carboxylic acids is 1. The van der Waals surface area contributed by atoms with Gasteiger partial charge in [0.2, 0.25) is 5.91 Å². The third-order valence-electron chi connectivity index (χ3n) is 3.00. The van der Waals surface area contributed by atoms with Crippen molar-refractivity contribution in [3.63, 3.8) is 0 Å². The van der Waals surface area contributed by atoms with E-state index < -0.39 is 17.9 Å². The predicted molar refractivity (Wildman–Crippen MR) is 84.2 cm³/mol. The average Bonchev–Trinajstić information content (AvgIpc) is 2.47. The summed E-state index contributed by atoms with van der Waals surface area (Å²) >= 11 is 0. The predicted octanol–water partition coefficient (Wildman–Crippen LogP) is -0.298. The third kappa shape index (κ3) is 7.16. The Kier molecular flexibility index (Phi) is 9.00. The van der Waals surface area contributed by atoms with Gasteiger partial charge < -0.3 is 27.4 Å².